The van der Waals surface area contributed by atoms with Crippen molar-refractivity contribution in [2.45, 2.75) is 24.8 Å². The Bertz CT molecular complexity index is 534. The molecular weight excluding hydrogens is 214 g/mol. The summed E-state index contributed by atoms with van der Waals surface area (Å²) in [6.07, 6.45) is 0. The average Bonchev–Trinajstić information content (AvgIpc) is 2.17. The van der Waals surface area contributed by atoms with Crippen molar-refractivity contribution in [3.05, 3.63) is 23.8 Å². The van der Waals surface area contributed by atoms with Crippen molar-refractivity contribution >= 4 is 20.6 Å². The molecule has 1 atom stereocenters. The van der Waals surface area contributed by atoms with Crippen LogP contribution >= 0.6 is 0 Å². The minimum absolute atomic E-state index is 0.0885. The third-order valence-corrected chi connectivity index (χ3v) is 4.22. The zero-order chi connectivity index (χ0) is 11.2. The van der Waals surface area contributed by atoms with Crippen molar-refractivity contribution < 1.29 is 13.2 Å². The summed E-state index contributed by atoms with van der Waals surface area (Å²) in [5, 5.41) is 2.10. The molecule has 1 aromatic rings. The highest BCUT2D eigenvalue weighted by Crippen LogP contribution is 2.29. The number of anilines is 1. The number of carbonyl (C=O) groups excluding carboxylic acids is 1. The van der Waals surface area contributed by atoms with Gasteiger partial charge in [-0.15, -0.1) is 0 Å². The maximum absolute atomic E-state index is 11.8. The lowest BCUT2D eigenvalue weighted by Gasteiger charge is -2.22. The van der Waals surface area contributed by atoms with Crippen molar-refractivity contribution in [3.63, 3.8) is 0 Å². The van der Waals surface area contributed by atoms with E-state index in [2.05, 4.69) is 5.32 Å². The van der Waals surface area contributed by atoms with E-state index in [1.807, 2.05) is 6.07 Å². The summed E-state index contributed by atoms with van der Waals surface area (Å²) < 4.78 is 23.6. The van der Waals surface area contributed by atoms with Crippen LogP contribution < -0.4 is 5.32 Å². The number of fused-ring (bicyclic) bond motifs is 1. The van der Waals surface area contributed by atoms with Gasteiger partial charge in [-0.3, -0.25) is 4.79 Å². The first-order chi connectivity index (χ1) is 6.93. The molecule has 15 heavy (non-hydrogen) atoms. The van der Waals surface area contributed by atoms with E-state index in [0.717, 1.165) is 5.56 Å². The van der Waals surface area contributed by atoms with E-state index in [1.165, 1.54) is 6.07 Å². The van der Waals surface area contributed by atoms with E-state index in [9.17, 15) is 13.2 Å². The number of hydrogen-bond acceptors (Lipinski definition) is 4. The number of sulfone groups is 1. The second-order valence-corrected chi connectivity index (χ2v) is 5.54. The Morgan fingerprint density at radius 3 is 2.67 bits per heavy atom. The van der Waals surface area contributed by atoms with Crippen LogP contribution in [-0.2, 0) is 14.6 Å². The van der Waals surface area contributed by atoms with Crippen molar-refractivity contribution in [2.24, 2.45) is 0 Å². The molecule has 0 spiro atoms. The number of carbonyl (C=O) groups is 1. The van der Waals surface area contributed by atoms with Gasteiger partial charge in [0.1, 0.15) is 0 Å². The SMILES string of the molecule is Cc1ccc2c(c1)S(=O)(=O)C(=O)C(C)N2. The molecule has 4 nitrogen and oxygen atoms in total. The van der Waals surface area contributed by atoms with Crippen LogP contribution in [0.25, 0.3) is 0 Å². The molecule has 0 aliphatic carbocycles. The maximum atomic E-state index is 11.8. The molecule has 5 heteroatoms. The lowest BCUT2D eigenvalue weighted by molar-refractivity contribution is -0.112. The van der Waals surface area contributed by atoms with E-state index >= 15 is 0 Å². The fourth-order valence-electron chi connectivity index (χ4n) is 1.60. The molecule has 80 valence electrons. The van der Waals surface area contributed by atoms with Gasteiger partial charge in [0, 0.05) is 0 Å². The number of aryl methyl sites for hydroxylation is 1. The average molecular weight is 225 g/mol. The summed E-state index contributed by atoms with van der Waals surface area (Å²) in [5.74, 6) is 0. The Labute approximate surface area is 88.2 Å². The molecule has 1 aromatic carbocycles. The van der Waals surface area contributed by atoms with Crippen molar-refractivity contribution in [2.75, 3.05) is 5.32 Å². The van der Waals surface area contributed by atoms with E-state index < -0.39 is 21.0 Å². The van der Waals surface area contributed by atoms with E-state index in [1.54, 1.807) is 19.9 Å². The zero-order valence-corrected chi connectivity index (χ0v) is 9.26. The molecule has 1 unspecified atom stereocenters. The third kappa shape index (κ3) is 1.43. The molecule has 0 aromatic heterocycles. The first-order valence-corrected chi connectivity index (χ1v) is 6.07. The van der Waals surface area contributed by atoms with E-state index in [-0.39, 0.29) is 4.90 Å². The Balaban J connectivity index is 2.74. The number of nitrogens with one attached hydrogen (secondary N) is 1. The molecule has 1 aliphatic rings. The van der Waals surface area contributed by atoms with Crippen LogP contribution in [0.2, 0.25) is 0 Å². The lowest BCUT2D eigenvalue weighted by atomic mass is 10.2. The highest BCUT2D eigenvalue weighted by atomic mass is 32.2. The molecule has 0 fully saturated rings. The van der Waals surface area contributed by atoms with Gasteiger partial charge in [0.05, 0.1) is 16.6 Å². The first-order valence-electron chi connectivity index (χ1n) is 4.59. The summed E-state index contributed by atoms with van der Waals surface area (Å²) >= 11 is 0. The van der Waals surface area contributed by atoms with Gasteiger partial charge >= 0.3 is 0 Å². The third-order valence-electron chi connectivity index (χ3n) is 2.42. The molecule has 2 rings (SSSR count). The summed E-state index contributed by atoms with van der Waals surface area (Å²) in [4.78, 5) is 11.6. The van der Waals surface area contributed by atoms with E-state index in [0.29, 0.717) is 5.69 Å². The smallest absolute Gasteiger partial charge is 0.272 e. The molecule has 0 saturated heterocycles. The second-order valence-electron chi connectivity index (χ2n) is 3.69. The van der Waals surface area contributed by atoms with Gasteiger partial charge in [0.25, 0.3) is 5.12 Å². The number of rotatable bonds is 0. The fraction of sp³-hybridized carbons (Fsp3) is 0.300. The highest BCUT2D eigenvalue weighted by Gasteiger charge is 2.36. The molecule has 1 N–H and O–H groups in total. The minimum atomic E-state index is -3.79. The predicted molar refractivity (Wildman–Crippen MR) is 56.5 cm³/mol. The molecule has 0 amide bonds. The van der Waals surface area contributed by atoms with Crippen LogP contribution in [0.4, 0.5) is 5.69 Å². The fourth-order valence-corrected chi connectivity index (χ4v) is 3.10. The Hall–Kier alpha value is -1.36. The Morgan fingerprint density at radius 2 is 2.00 bits per heavy atom. The van der Waals surface area contributed by atoms with Crippen molar-refractivity contribution in [3.8, 4) is 0 Å². The number of hydrogen-bond donors (Lipinski definition) is 1. The second kappa shape index (κ2) is 3.06. The molecule has 0 bridgehead atoms. The van der Waals surface area contributed by atoms with Gasteiger partial charge in [0.15, 0.2) is 0 Å². The van der Waals surface area contributed by atoms with Crippen molar-refractivity contribution in [1.29, 1.82) is 0 Å². The topological polar surface area (TPSA) is 63.2 Å². The van der Waals surface area contributed by atoms with Crippen LogP contribution in [0.3, 0.4) is 0 Å². The van der Waals surface area contributed by atoms with Gasteiger partial charge in [-0.25, -0.2) is 8.42 Å². The van der Waals surface area contributed by atoms with Crippen LogP contribution in [0, 0.1) is 6.92 Å². The van der Waals surface area contributed by atoms with Gasteiger partial charge in [-0.1, -0.05) is 6.07 Å². The summed E-state index contributed by atoms with van der Waals surface area (Å²) in [7, 11) is -3.79. The monoisotopic (exact) mass is 225 g/mol. The Morgan fingerprint density at radius 1 is 1.33 bits per heavy atom. The largest absolute Gasteiger partial charge is 0.373 e. The Kier molecular flexibility index (Phi) is 2.08. The molecule has 1 aliphatic heterocycles. The maximum Gasteiger partial charge on any atom is 0.272 e. The molecule has 0 radical (unpaired) electrons. The standard InChI is InChI=1S/C10H11NO3S/c1-6-3-4-8-9(5-6)15(13,14)10(12)7(2)11-8/h3-5,7,11H,1-2H3. The molecular formula is C10H11NO3S. The summed E-state index contributed by atoms with van der Waals surface area (Å²) in [5.41, 5.74) is 1.33. The van der Waals surface area contributed by atoms with Crippen LogP contribution in [0.1, 0.15) is 12.5 Å². The summed E-state index contributed by atoms with van der Waals surface area (Å²) in [6, 6.07) is 4.33. The van der Waals surface area contributed by atoms with Gasteiger partial charge in [0.2, 0.25) is 9.84 Å². The van der Waals surface area contributed by atoms with Gasteiger partial charge in [-0.05, 0) is 31.5 Å². The zero-order valence-electron chi connectivity index (χ0n) is 8.44. The van der Waals surface area contributed by atoms with Crippen LogP contribution in [-0.4, -0.2) is 19.6 Å². The quantitative estimate of drug-likeness (QED) is 0.718. The van der Waals surface area contributed by atoms with Crippen molar-refractivity contribution in [1.82, 2.24) is 0 Å². The summed E-state index contributed by atoms with van der Waals surface area (Å²) in [6.45, 7) is 3.33. The molecule has 1 heterocycles. The number of benzene rings is 1. The predicted octanol–water partition coefficient (Wildman–Crippen LogP) is 1.11. The first kappa shape index (κ1) is 10.2. The molecule has 0 saturated carbocycles. The van der Waals surface area contributed by atoms with Crippen LogP contribution in [0.5, 0.6) is 0 Å². The normalized spacial score (nSPS) is 23.1. The van der Waals surface area contributed by atoms with Gasteiger partial charge < -0.3 is 5.32 Å². The van der Waals surface area contributed by atoms with E-state index in [4.69, 9.17) is 0 Å². The lowest BCUT2D eigenvalue weighted by Crippen LogP contribution is -2.37. The highest BCUT2D eigenvalue weighted by molar-refractivity contribution is 8.06. The minimum Gasteiger partial charge on any atom is -0.373 e. The van der Waals surface area contributed by atoms with Crippen LogP contribution in [0.15, 0.2) is 23.1 Å². The van der Waals surface area contributed by atoms with Gasteiger partial charge in [-0.2, -0.15) is 0 Å².